The molecule has 1 aliphatic heterocycles. The van der Waals surface area contributed by atoms with Crippen molar-refractivity contribution in [3.05, 3.63) is 65.2 Å². The lowest BCUT2D eigenvalue weighted by Crippen LogP contribution is -2.38. The van der Waals surface area contributed by atoms with Crippen LogP contribution in [0.4, 0.5) is 0 Å². The molecule has 1 aliphatic rings. The number of hydrogen-bond donors (Lipinski definition) is 1. The molecule has 1 amide bonds. The molecule has 0 aliphatic carbocycles. The number of ether oxygens (including phenoxy) is 2. The molecule has 36 heavy (non-hydrogen) atoms. The third-order valence-electron chi connectivity index (χ3n) is 6.59. The molecule has 7 nitrogen and oxygen atoms in total. The van der Waals surface area contributed by atoms with E-state index in [1.807, 2.05) is 18.2 Å². The normalized spacial score (nSPS) is 17.3. The lowest BCUT2D eigenvalue weighted by molar-refractivity contribution is -0.140. The van der Waals surface area contributed by atoms with E-state index >= 15 is 0 Å². The van der Waals surface area contributed by atoms with Gasteiger partial charge in [-0.2, -0.15) is 0 Å². The minimum atomic E-state index is -0.737. The fraction of sp³-hybridized carbons (Fsp3) is 0.448. The number of likely N-dealkylation sites (N-methyl/N-ethyl adjacent to an activating group) is 1. The van der Waals surface area contributed by atoms with Gasteiger partial charge in [0.2, 0.25) is 0 Å². The molecular formula is C29H38N2O5. The van der Waals surface area contributed by atoms with Gasteiger partial charge in [0.25, 0.3) is 11.7 Å². The summed E-state index contributed by atoms with van der Waals surface area (Å²) in [6, 6.07) is 13.6. The number of aliphatic hydroxyl groups is 1. The Kier molecular flexibility index (Phi) is 9.53. The Labute approximate surface area is 214 Å². The summed E-state index contributed by atoms with van der Waals surface area (Å²) in [5.74, 6) is 0.160. The predicted molar refractivity (Wildman–Crippen MR) is 141 cm³/mol. The number of rotatable bonds is 12. The summed E-state index contributed by atoms with van der Waals surface area (Å²) in [6.45, 7) is 11.6. The smallest absolute Gasteiger partial charge is 0.295 e. The van der Waals surface area contributed by atoms with E-state index in [1.54, 1.807) is 42.3 Å². The van der Waals surface area contributed by atoms with Crippen LogP contribution in [-0.4, -0.2) is 66.5 Å². The summed E-state index contributed by atoms with van der Waals surface area (Å²) < 4.78 is 11.5. The molecule has 1 N–H and O–H groups in total. The monoisotopic (exact) mass is 494 g/mol. The largest absolute Gasteiger partial charge is 0.507 e. The van der Waals surface area contributed by atoms with Crippen molar-refractivity contribution in [1.82, 2.24) is 9.80 Å². The molecule has 1 fully saturated rings. The Morgan fingerprint density at radius 3 is 2.36 bits per heavy atom. The van der Waals surface area contributed by atoms with E-state index in [0.29, 0.717) is 48.2 Å². The molecule has 0 spiro atoms. The minimum Gasteiger partial charge on any atom is -0.507 e. The summed E-state index contributed by atoms with van der Waals surface area (Å²) in [6.07, 6.45) is 0.910. The van der Waals surface area contributed by atoms with E-state index in [-0.39, 0.29) is 11.3 Å². The number of nitrogens with zero attached hydrogens (tertiary/aromatic N) is 2. The van der Waals surface area contributed by atoms with Crippen LogP contribution in [0.3, 0.4) is 0 Å². The molecule has 3 rings (SSSR count). The number of likely N-dealkylation sites (tertiary alicyclic amines) is 1. The second-order valence-corrected chi connectivity index (χ2v) is 9.33. The number of carbonyl (C=O) groups excluding carboxylic acids is 2. The van der Waals surface area contributed by atoms with Crippen molar-refractivity contribution in [2.75, 3.05) is 39.9 Å². The van der Waals surface area contributed by atoms with Gasteiger partial charge < -0.3 is 24.4 Å². The first-order valence-electron chi connectivity index (χ1n) is 12.7. The Morgan fingerprint density at radius 1 is 1.06 bits per heavy atom. The second kappa shape index (κ2) is 12.6. The molecule has 1 atom stereocenters. The van der Waals surface area contributed by atoms with Gasteiger partial charge in [-0.05, 0) is 43.1 Å². The maximum absolute atomic E-state index is 13.2. The Balaban J connectivity index is 2.06. The molecule has 1 heterocycles. The van der Waals surface area contributed by atoms with Crippen molar-refractivity contribution < 1.29 is 24.2 Å². The van der Waals surface area contributed by atoms with Gasteiger partial charge in [0.15, 0.2) is 11.5 Å². The Morgan fingerprint density at radius 2 is 1.75 bits per heavy atom. The highest BCUT2D eigenvalue weighted by molar-refractivity contribution is 6.46. The predicted octanol–water partition coefficient (Wildman–Crippen LogP) is 4.88. The standard InChI is InChI=1S/C29H38N2O5/c1-6-30(7-2)16-17-31-26(22-13-14-23(24(19-22)35-5)36-18-15-20(3)4)25(28(33)29(31)34)27(32)21-11-9-8-10-12-21/h8-14,19-20,26,32H,6-7,15-18H2,1-5H3/b27-25+. The average molecular weight is 495 g/mol. The van der Waals surface area contributed by atoms with Crippen molar-refractivity contribution in [3.63, 3.8) is 0 Å². The highest BCUT2D eigenvalue weighted by Gasteiger charge is 2.46. The summed E-state index contributed by atoms with van der Waals surface area (Å²) in [5.41, 5.74) is 1.26. The number of carbonyl (C=O) groups is 2. The number of Topliss-reactive ketones (excluding diaryl/α,β-unsaturated/α-hetero) is 1. The van der Waals surface area contributed by atoms with Gasteiger partial charge in [-0.1, -0.05) is 64.1 Å². The maximum atomic E-state index is 13.2. The molecule has 2 aromatic rings. The van der Waals surface area contributed by atoms with Crippen LogP contribution in [0, 0.1) is 5.92 Å². The van der Waals surface area contributed by atoms with Crippen molar-refractivity contribution >= 4 is 17.4 Å². The van der Waals surface area contributed by atoms with Crippen molar-refractivity contribution in [1.29, 1.82) is 0 Å². The van der Waals surface area contributed by atoms with Crippen LogP contribution >= 0.6 is 0 Å². The van der Waals surface area contributed by atoms with Crippen molar-refractivity contribution in [2.24, 2.45) is 5.92 Å². The SMILES string of the molecule is CCN(CC)CCN1C(=O)C(=O)/C(=C(/O)c2ccccc2)C1c1ccc(OCCC(C)C)c(OC)c1. The van der Waals surface area contributed by atoms with Gasteiger partial charge in [0, 0.05) is 18.7 Å². The Hall–Kier alpha value is -3.32. The fourth-order valence-corrected chi connectivity index (χ4v) is 4.38. The van der Waals surface area contributed by atoms with Crippen LogP contribution in [0.2, 0.25) is 0 Å². The molecule has 1 unspecified atom stereocenters. The summed E-state index contributed by atoms with van der Waals surface area (Å²) in [4.78, 5) is 30.2. The van der Waals surface area contributed by atoms with Crippen LogP contribution in [0.1, 0.15) is 51.3 Å². The van der Waals surface area contributed by atoms with Crippen LogP contribution < -0.4 is 9.47 Å². The van der Waals surface area contributed by atoms with Crippen LogP contribution in [0.25, 0.3) is 5.76 Å². The van der Waals surface area contributed by atoms with E-state index in [2.05, 4.69) is 32.6 Å². The first kappa shape index (κ1) is 27.3. The Bertz CT molecular complexity index is 1080. The van der Waals surface area contributed by atoms with Gasteiger partial charge in [0.05, 0.1) is 25.3 Å². The number of amides is 1. The molecule has 194 valence electrons. The number of hydrogen-bond acceptors (Lipinski definition) is 6. The lowest BCUT2D eigenvalue weighted by atomic mass is 9.95. The van der Waals surface area contributed by atoms with E-state index in [4.69, 9.17) is 9.47 Å². The summed E-state index contributed by atoms with van der Waals surface area (Å²) in [7, 11) is 1.57. The topological polar surface area (TPSA) is 79.3 Å². The molecule has 2 aromatic carbocycles. The van der Waals surface area contributed by atoms with Crippen molar-refractivity contribution in [2.45, 2.75) is 40.2 Å². The lowest BCUT2D eigenvalue weighted by Gasteiger charge is -2.28. The summed E-state index contributed by atoms with van der Waals surface area (Å²) >= 11 is 0. The highest BCUT2D eigenvalue weighted by Crippen LogP contribution is 2.42. The third kappa shape index (κ3) is 6.08. The zero-order chi connectivity index (χ0) is 26.2. The number of aliphatic hydroxyl groups excluding tert-OH is 1. The molecule has 0 saturated carbocycles. The molecular weight excluding hydrogens is 456 g/mol. The third-order valence-corrected chi connectivity index (χ3v) is 6.59. The van der Waals surface area contributed by atoms with E-state index in [9.17, 15) is 14.7 Å². The number of methoxy groups -OCH3 is 1. The first-order chi connectivity index (χ1) is 17.3. The molecule has 0 radical (unpaired) electrons. The van der Waals surface area contributed by atoms with Gasteiger partial charge in [0.1, 0.15) is 5.76 Å². The summed E-state index contributed by atoms with van der Waals surface area (Å²) in [5, 5.41) is 11.2. The van der Waals surface area contributed by atoms with Crippen LogP contribution in [-0.2, 0) is 9.59 Å². The number of benzene rings is 2. The maximum Gasteiger partial charge on any atom is 0.295 e. The van der Waals surface area contributed by atoms with E-state index in [0.717, 1.165) is 19.5 Å². The number of ketones is 1. The van der Waals surface area contributed by atoms with Crippen LogP contribution in [0.5, 0.6) is 11.5 Å². The molecule has 0 aromatic heterocycles. The molecule has 1 saturated heterocycles. The molecule has 0 bridgehead atoms. The van der Waals surface area contributed by atoms with E-state index < -0.39 is 17.7 Å². The van der Waals surface area contributed by atoms with E-state index in [1.165, 1.54) is 0 Å². The minimum absolute atomic E-state index is 0.0845. The van der Waals surface area contributed by atoms with Gasteiger partial charge >= 0.3 is 0 Å². The zero-order valence-electron chi connectivity index (χ0n) is 22.0. The van der Waals surface area contributed by atoms with Gasteiger partial charge in [-0.3, -0.25) is 9.59 Å². The molecule has 7 heteroatoms. The van der Waals surface area contributed by atoms with Crippen molar-refractivity contribution in [3.8, 4) is 11.5 Å². The quantitative estimate of drug-likeness (QED) is 0.257. The first-order valence-corrected chi connectivity index (χ1v) is 12.7. The van der Waals surface area contributed by atoms with Gasteiger partial charge in [-0.25, -0.2) is 0 Å². The fourth-order valence-electron chi connectivity index (χ4n) is 4.38. The zero-order valence-corrected chi connectivity index (χ0v) is 22.0. The van der Waals surface area contributed by atoms with Crippen LogP contribution in [0.15, 0.2) is 54.1 Å². The average Bonchev–Trinajstić information content (AvgIpc) is 3.14. The second-order valence-electron chi connectivity index (χ2n) is 9.33. The van der Waals surface area contributed by atoms with Gasteiger partial charge in [-0.15, -0.1) is 0 Å². The highest BCUT2D eigenvalue weighted by atomic mass is 16.5.